The van der Waals surface area contributed by atoms with Crippen molar-refractivity contribution in [2.75, 3.05) is 12.4 Å². The molecule has 0 saturated carbocycles. The van der Waals surface area contributed by atoms with Crippen molar-refractivity contribution in [3.63, 3.8) is 0 Å². The molecule has 74 valence electrons. The highest BCUT2D eigenvalue weighted by atomic mass is 79.9. The molecule has 13 heavy (non-hydrogen) atoms. The maximum Gasteiger partial charge on any atom is 0.0338 e. The van der Waals surface area contributed by atoms with Crippen molar-refractivity contribution in [3.8, 4) is 0 Å². The fourth-order valence-corrected chi connectivity index (χ4v) is 0.881. The van der Waals surface area contributed by atoms with Crippen molar-refractivity contribution in [1.29, 1.82) is 0 Å². The third-order valence-electron chi connectivity index (χ3n) is 1.13. The van der Waals surface area contributed by atoms with E-state index in [1.54, 1.807) is 0 Å². The molecule has 1 nitrogen and oxygen atoms in total. The third kappa shape index (κ3) is 7.60. The van der Waals surface area contributed by atoms with Gasteiger partial charge in [-0.2, -0.15) is 0 Å². The van der Waals surface area contributed by atoms with Gasteiger partial charge in [-0.15, -0.1) is 13.2 Å². The minimum atomic E-state index is 1.11. The van der Waals surface area contributed by atoms with E-state index in [1.165, 1.54) is 0 Å². The molecule has 0 aliphatic heterocycles. The molecule has 0 aliphatic carbocycles. The third-order valence-corrected chi connectivity index (χ3v) is 1.66. The van der Waals surface area contributed by atoms with Gasteiger partial charge in [-0.25, -0.2) is 0 Å². The first-order valence-corrected chi connectivity index (χ1v) is 5.05. The van der Waals surface area contributed by atoms with Crippen molar-refractivity contribution < 1.29 is 0 Å². The summed E-state index contributed by atoms with van der Waals surface area (Å²) in [6.07, 6.45) is 0. The van der Waals surface area contributed by atoms with Crippen LogP contribution in [0, 0.1) is 0 Å². The molecular formula is C11H18BrN. The molecule has 0 bridgehead atoms. The topological polar surface area (TPSA) is 12.0 Å². The Bertz CT molecular complexity index is 194. The summed E-state index contributed by atoms with van der Waals surface area (Å²) in [6.45, 7) is 10.0. The Morgan fingerprint density at radius 3 is 1.77 bits per heavy atom. The van der Waals surface area contributed by atoms with Gasteiger partial charge in [-0.05, 0) is 24.3 Å². The first kappa shape index (κ1) is 14.7. The number of halogens is 1. The largest absolute Gasteiger partial charge is 0.388 e. The Morgan fingerprint density at radius 2 is 1.46 bits per heavy atom. The van der Waals surface area contributed by atoms with E-state index < -0.39 is 0 Å². The average molecular weight is 244 g/mol. The van der Waals surface area contributed by atoms with Crippen LogP contribution < -0.4 is 5.32 Å². The Labute approximate surface area is 90.0 Å². The monoisotopic (exact) mass is 243 g/mol. The highest BCUT2D eigenvalue weighted by Gasteiger charge is 1.85. The van der Waals surface area contributed by atoms with Gasteiger partial charge in [0, 0.05) is 17.2 Å². The van der Waals surface area contributed by atoms with Crippen molar-refractivity contribution in [2.45, 2.75) is 13.8 Å². The van der Waals surface area contributed by atoms with Gasteiger partial charge < -0.3 is 5.32 Å². The van der Waals surface area contributed by atoms with E-state index in [1.807, 2.05) is 45.2 Å². The average Bonchev–Trinajstić information content (AvgIpc) is 2.25. The van der Waals surface area contributed by atoms with E-state index in [9.17, 15) is 0 Å². The lowest BCUT2D eigenvalue weighted by Crippen LogP contribution is -1.85. The Morgan fingerprint density at radius 1 is 1.08 bits per heavy atom. The summed E-state index contributed by atoms with van der Waals surface area (Å²) in [6, 6.07) is 8.05. The quantitative estimate of drug-likeness (QED) is 0.725. The van der Waals surface area contributed by atoms with Crippen LogP contribution in [-0.4, -0.2) is 7.05 Å². The zero-order valence-corrected chi connectivity index (χ0v) is 10.2. The number of anilines is 1. The second kappa shape index (κ2) is 11.2. The van der Waals surface area contributed by atoms with Crippen LogP contribution in [0.4, 0.5) is 5.69 Å². The van der Waals surface area contributed by atoms with Crippen molar-refractivity contribution in [2.24, 2.45) is 0 Å². The van der Waals surface area contributed by atoms with E-state index >= 15 is 0 Å². The molecule has 1 N–H and O–H groups in total. The summed E-state index contributed by atoms with van der Waals surface area (Å²) < 4.78 is 1.11. The first-order chi connectivity index (χ1) is 6.33. The van der Waals surface area contributed by atoms with Crippen LogP contribution in [0.3, 0.4) is 0 Å². The van der Waals surface area contributed by atoms with Gasteiger partial charge in [0.05, 0.1) is 0 Å². The molecule has 1 aromatic rings. The molecule has 0 spiro atoms. The highest BCUT2D eigenvalue weighted by molar-refractivity contribution is 9.10. The van der Waals surface area contributed by atoms with E-state index in [2.05, 4.69) is 34.4 Å². The second-order valence-corrected chi connectivity index (χ2v) is 2.67. The molecule has 0 amide bonds. The van der Waals surface area contributed by atoms with E-state index in [0.717, 1.165) is 10.2 Å². The fraction of sp³-hybridized carbons (Fsp3) is 0.273. The Balaban J connectivity index is 0. The zero-order chi connectivity index (χ0) is 10.7. The number of rotatable bonds is 1. The SMILES string of the molecule is C=C.CC.CNc1ccc(Br)cc1. The predicted octanol–water partition coefficient (Wildman–Crippen LogP) is 4.32. The molecule has 0 atom stereocenters. The number of benzene rings is 1. The predicted molar refractivity (Wildman–Crippen MR) is 66.3 cm³/mol. The lowest BCUT2D eigenvalue weighted by Gasteiger charge is -1.96. The van der Waals surface area contributed by atoms with Crippen LogP contribution in [0.1, 0.15) is 13.8 Å². The molecule has 0 heterocycles. The number of hydrogen-bond donors (Lipinski definition) is 1. The van der Waals surface area contributed by atoms with Crippen LogP contribution >= 0.6 is 15.9 Å². The van der Waals surface area contributed by atoms with Gasteiger partial charge in [-0.1, -0.05) is 29.8 Å². The summed E-state index contributed by atoms with van der Waals surface area (Å²) in [5, 5.41) is 3.03. The molecule has 0 aliphatic rings. The van der Waals surface area contributed by atoms with Gasteiger partial charge in [0.15, 0.2) is 0 Å². The molecule has 0 saturated heterocycles. The van der Waals surface area contributed by atoms with Crippen LogP contribution in [0.15, 0.2) is 41.9 Å². The van der Waals surface area contributed by atoms with E-state index in [4.69, 9.17) is 0 Å². The molecule has 0 fully saturated rings. The summed E-state index contributed by atoms with van der Waals surface area (Å²) in [4.78, 5) is 0. The minimum absolute atomic E-state index is 1.11. The lowest BCUT2D eigenvalue weighted by atomic mass is 10.3. The van der Waals surface area contributed by atoms with E-state index in [-0.39, 0.29) is 0 Å². The molecular weight excluding hydrogens is 226 g/mol. The van der Waals surface area contributed by atoms with Crippen LogP contribution in [-0.2, 0) is 0 Å². The van der Waals surface area contributed by atoms with Crippen molar-refractivity contribution in [1.82, 2.24) is 0 Å². The van der Waals surface area contributed by atoms with Crippen molar-refractivity contribution >= 4 is 21.6 Å². The van der Waals surface area contributed by atoms with Gasteiger partial charge in [0.2, 0.25) is 0 Å². The maximum atomic E-state index is 3.35. The Hall–Kier alpha value is -0.760. The summed E-state index contributed by atoms with van der Waals surface area (Å²) in [5.41, 5.74) is 1.14. The second-order valence-electron chi connectivity index (χ2n) is 1.76. The van der Waals surface area contributed by atoms with Crippen LogP contribution in [0.5, 0.6) is 0 Å². The highest BCUT2D eigenvalue weighted by Crippen LogP contribution is 2.12. The summed E-state index contributed by atoms with van der Waals surface area (Å²) >= 11 is 3.35. The van der Waals surface area contributed by atoms with Crippen LogP contribution in [0.25, 0.3) is 0 Å². The number of nitrogens with one attached hydrogen (secondary N) is 1. The molecule has 1 rings (SSSR count). The van der Waals surface area contributed by atoms with Gasteiger partial charge in [0.1, 0.15) is 0 Å². The van der Waals surface area contributed by atoms with Crippen LogP contribution in [0.2, 0.25) is 0 Å². The molecule has 0 radical (unpaired) electrons. The van der Waals surface area contributed by atoms with E-state index in [0.29, 0.717) is 0 Å². The van der Waals surface area contributed by atoms with Gasteiger partial charge in [0.25, 0.3) is 0 Å². The molecule has 1 aromatic carbocycles. The molecule has 0 unspecified atom stereocenters. The van der Waals surface area contributed by atoms with Crippen molar-refractivity contribution in [3.05, 3.63) is 41.9 Å². The molecule has 2 heteroatoms. The lowest BCUT2D eigenvalue weighted by molar-refractivity contribution is 1.50. The number of hydrogen-bond acceptors (Lipinski definition) is 1. The molecule has 0 aromatic heterocycles. The van der Waals surface area contributed by atoms with Gasteiger partial charge >= 0.3 is 0 Å². The smallest absolute Gasteiger partial charge is 0.0338 e. The normalized spacial score (nSPS) is 7.08. The van der Waals surface area contributed by atoms with Gasteiger partial charge in [-0.3, -0.25) is 0 Å². The first-order valence-electron chi connectivity index (χ1n) is 4.26. The zero-order valence-electron chi connectivity index (χ0n) is 8.60. The Kier molecular flexibility index (Phi) is 12.8. The standard InChI is InChI=1S/C7H8BrN.C2H6.C2H4/c1-9-7-4-2-6(8)3-5-7;2*1-2/h2-5,9H,1H3;1-2H3;1-2H2. The summed E-state index contributed by atoms with van der Waals surface area (Å²) in [7, 11) is 1.91. The fourth-order valence-electron chi connectivity index (χ4n) is 0.617. The maximum absolute atomic E-state index is 3.35. The minimum Gasteiger partial charge on any atom is -0.388 e. The summed E-state index contributed by atoms with van der Waals surface area (Å²) in [5.74, 6) is 0.